The molecule has 1 saturated carbocycles. The van der Waals surface area contributed by atoms with E-state index in [-0.39, 0.29) is 23.5 Å². The highest BCUT2D eigenvalue weighted by molar-refractivity contribution is 5.71. The van der Waals surface area contributed by atoms with Crippen LogP contribution in [-0.2, 0) is 19.7 Å². The van der Waals surface area contributed by atoms with E-state index in [0.717, 1.165) is 18.4 Å². The number of carbonyl (C=O) groups excluding carboxylic acids is 2. The quantitative estimate of drug-likeness (QED) is 0.851. The molecule has 1 fully saturated rings. The Morgan fingerprint density at radius 3 is 2.43 bits per heavy atom. The maximum absolute atomic E-state index is 12.2. The minimum Gasteiger partial charge on any atom is -0.459 e. The molecule has 0 bridgehead atoms. The van der Waals surface area contributed by atoms with Crippen LogP contribution in [0.1, 0.15) is 57.7 Å². The summed E-state index contributed by atoms with van der Waals surface area (Å²) in [6, 6.07) is 7.61. The van der Waals surface area contributed by atoms with Gasteiger partial charge in [0.05, 0.1) is 6.04 Å². The zero-order valence-electron chi connectivity index (χ0n) is 14.0. The summed E-state index contributed by atoms with van der Waals surface area (Å²) in [5.41, 5.74) is 1.47. The molecule has 1 spiro atoms. The maximum atomic E-state index is 12.2. The minimum atomic E-state index is -0.573. The van der Waals surface area contributed by atoms with Gasteiger partial charge in [0.15, 0.2) is 0 Å². The van der Waals surface area contributed by atoms with Crippen molar-refractivity contribution in [1.82, 2.24) is 5.32 Å². The molecule has 1 aromatic carbocycles. The normalized spacial score (nSPS) is 24.0. The molecule has 1 aromatic rings. The molecule has 2 unspecified atom stereocenters. The number of fused-ring (bicyclic) bond motifs is 2. The number of hydrogen-bond donors (Lipinski definition) is 1. The predicted molar refractivity (Wildman–Crippen MR) is 85.0 cm³/mol. The molecule has 2 atom stereocenters. The van der Waals surface area contributed by atoms with Crippen molar-refractivity contribution in [3.63, 3.8) is 0 Å². The van der Waals surface area contributed by atoms with E-state index < -0.39 is 11.7 Å². The van der Waals surface area contributed by atoms with E-state index in [0.29, 0.717) is 0 Å². The molecule has 2 aliphatic carbocycles. The summed E-state index contributed by atoms with van der Waals surface area (Å²) in [5, 5.41) is 2.90. The molecule has 1 amide bonds. The fourth-order valence-corrected chi connectivity index (χ4v) is 3.49. The van der Waals surface area contributed by atoms with Crippen LogP contribution in [-0.4, -0.2) is 23.8 Å². The molecule has 0 heterocycles. The summed E-state index contributed by atoms with van der Waals surface area (Å²) in [6.07, 6.45) is 1.07. The van der Waals surface area contributed by atoms with Gasteiger partial charge in [-0.05, 0) is 44.7 Å². The van der Waals surface area contributed by atoms with Crippen LogP contribution in [0.4, 0.5) is 4.79 Å². The standard InChI is InChI=1S/C18H23NO4/c1-11(20)22-15-14(19-16(21)23-17(2,3)4)12-7-5-6-8-13(12)18(15)9-10-18/h5-8,14-15H,9-10H2,1-4H3,(H,19,21). The van der Waals surface area contributed by atoms with Crippen LogP contribution >= 0.6 is 0 Å². The van der Waals surface area contributed by atoms with Gasteiger partial charge in [0, 0.05) is 12.3 Å². The van der Waals surface area contributed by atoms with Gasteiger partial charge in [-0.15, -0.1) is 0 Å². The van der Waals surface area contributed by atoms with E-state index in [1.54, 1.807) is 0 Å². The third-order valence-corrected chi connectivity index (χ3v) is 4.43. The van der Waals surface area contributed by atoms with Gasteiger partial charge < -0.3 is 14.8 Å². The van der Waals surface area contributed by atoms with Gasteiger partial charge in [0.1, 0.15) is 11.7 Å². The predicted octanol–water partition coefficient (Wildman–Crippen LogP) is 3.23. The number of carbonyl (C=O) groups is 2. The number of esters is 1. The lowest BCUT2D eigenvalue weighted by Gasteiger charge is -2.27. The zero-order chi connectivity index (χ0) is 16.8. The number of nitrogens with one attached hydrogen (secondary N) is 1. The molecule has 0 saturated heterocycles. The summed E-state index contributed by atoms with van der Waals surface area (Å²) in [4.78, 5) is 23.8. The van der Waals surface area contributed by atoms with Gasteiger partial charge in [-0.3, -0.25) is 4.79 Å². The van der Waals surface area contributed by atoms with Crippen molar-refractivity contribution < 1.29 is 19.1 Å². The van der Waals surface area contributed by atoms with Crippen LogP contribution in [0.3, 0.4) is 0 Å². The molecule has 0 aliphatic heterocycles. The molecule has 2 aliphatic rings. The van der Waals surface area contributed by atoms with Crippen molar-refractivity contribution in [3.8, 4) is 0 Å². The van der Waals surface area contributed by atoms with Crippen molar-refractivity contribution in [2.45, 2.75) is 63.7 Å². The lowest BCUT2D eigenvalue weighted by molar-refractivity contribution is -0.149. The fraction of sp³-hybridized carbons (Fsp3) is 0.556. The maximum Gasteiger partial charge on any atom is 0.408 e. The van der Waals surface area contributed by atoms with Gasteiger partial charge in [-0.2, -0.15) is 0 Å². The van der Waals surface area contributed by atoms with Crippen molar-refractivity contribution in [2.24, 2.45) is 0 Å². The minimum absolute atomic E-state index is 0.151. The van der Waals surface area contributed by atoms with Crippen molar-refractivity contribution in [2.75, 3.05) is 0 Å². The molecule has 0 aromatic heterocycles. The van der Waals surface area contributed by atoms with E-state index in [1.165, 1.54) is 12.5 Å². The molecule has 124 valence electrons. The zero-order valence-corrected chi connectivity index (χ0v) is 14.0. The van der Waals surface area contributed by atoms with E-state index >= 15 is 0 Å². The molecule has 1 N–H and O–H groups in total. The third-order valence-electron chi connectivity index (χ3n) is 4.43. The molecular weight excluding hydrogens is 294 g/mol. The Bertz CT molecular complexity index is 643. The van der Waals surface area contributed by atoms with Crippen LogP contribution in [0.5, 0.6) is 0 Å². The first-order chi connectivity index (χ1) is 10.7. The Morgan fingerprint density at radius 2 is 1.87 bits per heavy atom. The summed E-state index contributed by atoms with van der Waals surface area (Å²) in [7, 11) is 0. The second-order valence-electron chi connectivity index (χ2n) is 7.40. The van der Waals surface area contributed by atoms with E-state index in [9.17, 15) is 9.59 Å². The average molecular weight is 317 g/mol. The highest BCUT2D eigenvalue weighted by Gasteiger charge is 2.61. The number of benzene rings is 1. The van der Waals surface area contributed by atoms with Gasteiger partial charge in [0.2, 0.25) is 0 Å². The van der Waals surface area contributed by atoms with Gasteiger partial charge >= 0.3 is 12.1 Å². The lowest BCUT2D eigenvalue weighted by Crippen LogP contribution is -2.41. The molecular formula is C18H23NO4. The number of alkyl carbamates (subject to hydrolysis) is 1. The van der Waals surface area contributed by atoms with Crippen LogP contribution < -0.4 is 5.32 Å². The number of rotatable bonds is 2. The van der Waals surface area contributed by atoms with Crippen LogP contribution in [0, 0.1) is 0 Å². The summed E-state index contributed by atoms with van der Waals surface area (Å²) >= 11 is 0. The van der Waals surface area contributed by atoms with Crippen molar-refractivity contribution >= 4 is 12.1 Å². The Labute approximate surface area is 136 Å². The van der Waals surface area contributed by atoms with Crippen molar-refractivity contribution in [1.29, 1.82) is 0 Å². The highest BCUT2D eigenvalue weighted by Crippen LogP contribution is 2.61. The van der Waals surface area contributed by atoms with E-state index in [2.05, 4.69) is 11.4 Å². The first kappa shape index (κ1) is 15.8. The smallest absolute Gasteiger partial charge is 0.408 e. The molecule has 3 rings (SSSR count). The van der Waals surface area contributed by atoms with Crippen LogP contribution in [0.25, 0.3) is 0 Å². The third kappa shape index (κ3) is 2.92. The Kier molecular flexibility index (Phi) is 3.62. The summed E-state index contributed by atoms with van der Waals surface area (Å²) in [6.45, 7) is 6.87. The number of amides is 1. The van der Waals surface area contributed by atoms with Crippen molar-refractivity contribution in [3.05, 3.63) is 35.4 Å². The SMILES string of the molecule is CC(=O)OC1C(NC(=O)OC(C)(C)C)c2ccccc2C12CC2. The van der Waals surface area contributed by atoms with E-state index in [4.69, 9.17) is 9.47 Å². The fourth-order valence-electron chi connectivity index (χ4n) is 3.49. The van der Waals surface area contributed by atoms with Gasteiger partial charge in [-0.25, -0.2) is 4.79 Å². The second kappa shape index (κ2) is 5.25. The number of hydrogen-bond acceptors (Lipinski definition) is 4. The first-order valence-electron chi connectivity index (χ1n) is 7.99. The topological polar surface area (TPSA) is 64.6 Å². The van der Waals surface area contributed by atoms with Crippen LogP contribution in [0.15, 0.2) is 24.3 Å². The van der Waals surface area contributed by atoms with Gasteiger partial charge in [0.25, 0.3) is 0 Å². The first-order valence-corrected chi connectivity index (χ1v) is 7.99. The molecule has 23 heavy (non-hydrogen) atoms. The largest absolute Gasteiger partial charge is 0.459 e. The number of ether oxygens (including phenoxy) is 2. The highest BCUT2D eigenvalue weighted by atomic mass is 16.6. The summed E-state index contributed by atoms with van der Waals surface area (Å²) < 4.78 is 11.0. The molecule has 0 radical (unpaired) electrons. The second-order valence-corrected chi connectivity index (χ2v) is 7.40. The van der Waals surface area contributed by atoms with Crippen LogP contribution in [0.2, 0.25) is 0 Å². The lowest BCUT2D eigenvalue weighted by atomic mass is 9.96. The Hall–Kier alpha value is -2.04. The van der Waals surface area contributed by atoms with Gasteiger partial charge in [-0.1, -0.05) is 24.3 Å². The molecule has 5 nitrogen and oxygen atoms in total. The molecule has 5 heteroatoms. The Balaban J connectivity index is 1.89. The average Bonchev–Trinajstić information content (AvgIpc) is 3.17. The van der Waals surface area contributed by atoms with E-state index in [1.807, 2.05) is 39.0 Å². The monoisotopic (exact) mass is 317 g/mol. The summed E-state index contributed by atoms with van der Waals surface area (Å²) in [5.74, 6) is -0.329. The Morgan fingerprint density at radius 1 is 1.22 bits per heavy atom.